The Morgan fingerprint density at radius 1 is 1.25 bits per heavy atom. The first-order valence-electron chi connectivity index (χ1n) is 6.28. The number of benzene rings is 2. The van der Waals surface area contributed by atoms with E-state index in [1.54, 1.807) is 12.1 Å². The Morgan fingerprint density at radius 3 is 2.65 bits per heavy atom. The fourth-order valence-corrected chi connectivity index (χ4v) is 2.60. The van der Waals surface area contributed by atoms with Crippen molar-refractivity contribution in [3.8, 4) is 5.75 Å². The first-order chi connectivity index (χ1) is 9.51. The van der Waals surface area contributed by atoms with E-state index in [-0.39, 0.29) is 5.75 Å². The van der Waals surface area contributed by atoms with E-state index in [0.29, 0.717) is 6.42 Å². The number of hydrogen-bond donors (Lipinski definition) is 1. The van der Waals surface area contributed by atoms with Crippen LogP contribution in [0.25, 0.3) is 0 Å². The number of rotatable bonds is 4. The predicted molar refractivity (Wildman–Crippen MR) is 80.5 cm³/mol. The van der Waals surface area contributed by atoms with Gasteiger partial charge in [0.1, 0.15) is 0 Å². The van der Waals surface area contributed by atoms with Crippen LogP contribution in [0.5, 0.6) is 5.75 Å². The second-order valence-corrected chi connectivity index (χ2v) is 5.57. The zero-order valence-electron chi connectivity index (χ0n) is 11.4. The van der Waals surface area contributed by atoms with Gasteiger partial charge in [0, 0.05) is 10.9 Å². The van der Waals surface area contributed by atoms with Crippen LogP contribution in [0.3, 0.4) is 0 Å². The molecular weight excluding hydrogens is 323 g/mol. The highest BCUT2D eigenvalue weighted by atomic mass is 79.9. The normalized spacial score (nSPS) is 12.2. The van der Waals surface area contributed by atoms with Crippen LogP contribution in [0, 0.1) is 12.7 Å². The van der Waals surface area contributed by atoms with Gasteiger partial charge in [0.15, 0.2) is 11.6 Å². The molecule has 2 aromatic carbocycles. The topological polar surface area (TPSA) is 29.5 Å². The summed E-state index contributed by atoms with van der Waals surface area (Å²) >= 11 is 3.43. The highest BCUT2D eigenvalue weighted by molar-refractivity contribution is 9.10. The third-order valence-electron chi connectivity index (χ3n) is 3.16. The van der Waals surface area contributed by atoms with Gasteiger partial charge in [-0.1, -0.05) is 39.7 Å². The van der Waals surface area contributed by atoms with Gasteiger partial charge in [-0.15, -0.1) is 0 Å². The molecule has 4 heteroatoms. The summed E-state index contributed by atoms with van der Waals surface area (Å²) in [6, 6.07) is 10.5. The fourth-order valence-electron chi connectivity index (χ4n) is 2.09. The molecule has 0 aliphatic rings. The highest BCUT2D eigenvalue weighted by Crippen LogP contribution is 2.28. The van der Waals surface area contributed by atoms with Gasteiger partial charge in [-0.25, -0.2) is 4.39 Å². The molecule has 0 amide bonds. The van der Waals surface area contributed by atoms with Gasteiger partial charge in [-0.05, 0) is 36.2 Å². The standard InChI is InChI=1S/C16H16BrFO2/c1-10-3-5-13(17)12(7-10)15(19)9-11-4-6-16(20-2)14(18)8-11/h3-8,15,19H,9H2,1-2H3. The number of ether oxygens (including phenoxy) is 1. The van der Waals surface area contributed by atoms with Crippen LogP contribution < -0.4 is 4.74 Å². The molecule has 0 saturated carbocycles. The minimum atomic E-state index is -0.683. The van der Waals surface area contributed by atoms with Crippen LogP contribution in [0.2, 0.25) is 0 Å². The van der Waals surface area contributed by atoms with Crippen molar-refractivity contribution < 1.29 is 14.2 Å². The number of halogens is 2. The first-order valence-corrected chi connectivity index (χ1v) is 7.07. The Labute approximate surface area is 126 Å². The monoisotopic (exact) mass is 338 g/mol. The van der Waals surface area contributed by atoms with Gasteiger partial charge in [-0.3, -0.25) is 0 Å². The lowest BCUT2D eigenvalue weighted by atomic mass is 10.00. The molecule has 0 fully saturated rings. The molecule has 0 spiro atoms. The summed E-state index contributed by atoms with van der Waals surface area (Å²) in [5, 5.41) is 10.3. The molecule has 106 valence electrons. The molecule has 1 N–H and O–H groups in total. The molecule has 20 heavy (non-hydrogen) atoms. The van der Waals surface area contributed by atoms with E-state index in [2.05, 4.69) is 15.9 Å². The van der Waals surface area contributed by atoms with Crippen molar-refractivity contribution in [2.45, 2.75) is 19.4 Å². The van der Waals surface area contributed by atoms with Crippen molar-refractivity contribution in [2.24, 2.45) is 0 Å². The summed E-state index contributed by atoms with van der Waals surface area (Å²) < 4.78 is 19.4. The molecule has 0 bridgehead atoms. The second-order valence-electron chi connectivity index (χ2n) is 4.71. The molecule has 0 aliphatic carbocycles. The second kappa shape index (κ2) is 6.37. The summed E-state index contributed by atoms with van der Waals surface area (Å²) in [5.41, 5.74) is 2.61. The van der Waals surface area contributed by atoms with Crippen molar-refractivity contribution in [2.75, 3.05) is 7.11 Å². The molecule has 2 aromatic rings. The molecule has 0 aliphatic heterocycles. The Balaban J connectivity index is 2.21. The van der Waals surface area contributed by atoms with E-state index >= 15 is 0 Å². The zero-order valence-corrected chi connectivity index (χ0v) is 12.9. The fraction of sp³-hybridized carbons (Fsp3) is 0.250. The highest BCUT2D eigenvalue weighted by Gasteiger charge is 2.13. The minimum Gasteiger partial charge on any atom is -0.494 e. The molecule has 1 atom stereocenters. The maximum atomic E-state index is 13.6. The third-order valence-corrected chi connectivity index (χ3v) is 3.88. The van der Waals surface area contributed by atoms with Crippen molar-refractivity contribution in [3.05, 3.63) is 63.4 Å². The van der Waals surface area contributed by atoms with E-state index in [1.807, 2.05) is 25.1 Å². The number of hydrogen-bond acceptors (Lipinski definition) is 2. The van der Waals surface area contributed by atoms with Gasteiger partial charge in [-0.2, -0.15) is 0 Å². The molecule has 0 aromatic heterocycles. The van der Waals surface area contributed by atoms with Crippen molar-refractivity contribution in [1.29, 1.82) is 0 Å². The molecule has 0 heterocycles. The lowest BCUT2D eigenvalue weighted by Crippen LogP contribution is -2.04. The SMILES string of the molecule is COc1ccc(CC(O)c2cc(C)ccc2Br)cc1F. The number of methoxy groups -OCH3 is 1. The first kappa shape index (κ1) is 15.0. The lowest BCUT2D eigenvalue weighted by Gasteiger charge is -2.14. The summed E-state index contributed by atoms with van der Waals surface area (Å²) in [6.07, 6.45) is -0.333. The summed E-state index contributed by atoms with van der Waals surface area (Å²) in [5.74, 6) is -0.208. The summed E-state index contributed by atoms with van der Waals surface area (Å²) in [6.45, 7) is 1.97. The summed E-state index contributed by atoms with van der Waals surface area (Å²) in [7, 11) is 1.43. The van der Waals surface area contributed by atoms with Crippen LogP contribution in [0.15, 0.2) is 40.9 Å². The van der Waals surface area contributed by atoms with Crippen LogP contribution in [-0.2, 0) is 6.42 Å². The van der Waals surface area contributed by atoms with Gasteiger partial charge in [0.05, 0.1) is 13.2 Å². The van der Waals surface area contributed by atoms with Gasteiger partial charge < -0.3 is 9.84 Å². The molecule has 1 unspecified atom stereocenters. The molecule has 0 radical (unpaired) electrons. The van der Waals surface area contributed by atoms with Crippen LogP contribution >= 0.6 is 15.9 Å². The summed E-state index contributed by atoms with van der Waals surface area (Å²) in [4.78, 5) is 0. The van der Waals surface area contributed by atoms with E-state index in [9.17, 15) is 9.50 Å². The molecule has 0 saturated heterocycles. The average molecular weight is 339 g/mol. The largest absolute Gasteiger partial charge is 0.494 e. The van der Waals surface area contributed by atoms with Gasteiger partial charge in [0.2, 0.25) is 0 Å². The maximum Gasteiger partial charge on any atom is 0.165 e. The van der Waals surface area contributed by atoms with Crippen LogP contribution in [0.1, 0.15) is 22.8 Å². The number of aliphatic hydroxyl groups is 1. The van der Waals surface area contributed by atoms with Crippen molar-refractivity contribution in [3.63, 3.8) is 0 Å². The number of aliphatic hydroxyl groups excluding tert-OH is 1. The van der Waals surface area contributed by atoms with E-state index in [1.165, 1.54) is 13.2 Å². The van der Waals surface area contributed by atoms with Crippen LogP contribution in [0.4, 0.5) is 4.39 Å². The average Bonchev–Trinajstić information content (AvgIpc) is 2.41. The van der Waals surface area contributed by atoms with E-state index < -0.39 is 11.9 Å². The third kappa shape index (κ3) is 3.38. The molecule has 2 rings (SSSR count). The Morgan fingerprint density at radius 2 is 2.00 bits per heavy atom. The zero-order chi connectivity index (χ0) is 14.7. The quantitative estimate of drug-likeness (QED) is 0.905. The maximum absolute atomic E-state index is 13.6. The predicted octanol–water partition coefficient (Wildman–Crippen LogP) is 4.18. The van der Waals surface area contributed by atoms with Crippen molar-refractivity contribution in [1.82, 2.24) is 0 Å². The molecule has 2 nitrogen and oxygen atoms in total. The lowest BCUT2D eigenvalue weighted by molar-refractivity contribution is 0.177. The number of aryl methyl sites for hydroxylation is 1. The van der Waals surface area contributed by atoms with Crippen LogP contribution in [-0.4, -0.2) is 12.2 Å². The van der Waals surface area contributed by atoms with E-state index in [0.717, 1.165) is 21.2 Å². The smallest absolute Gasteiger partial charge is 0.165 e. The Kier molecular flexibility index (Phi) is 4.78. The minimum absolute atomic E-state index is 0.208. The van der Waals surface area contributed by atoms with Crippen molar-refractivity contribution >= 4 is 15.9 Å². The molecular formula is C16H16BrFO2. The van der Waals surface area contributed by atoms with Gasteiger partial charge >= 0.3 is 0 Å². The Hall–Kier alpha value is -1.39. The van der Waals surface area contributed by atoms with Gasteiger partial charge in [0.25, 0.3) is 0 Å². The Bertz CT molecular complexity index is 613. The van der Waals surface area contributed by atoms with E-state index in [4.69, 9.17) is 4.74 Å².